The molecule has 0 radical (unpaired) electrons. The van der Waals surface area contributed by atoms with Gasteiger partial charge in [-0.25, -0.2) is 4.68 Å². The minimum atomic E-state index is 0.772. The van der Waals surface area contributed by atoms with Crippen LogP contribution in [0.15, 0.2) is 42.6 Å². The number of aryl methyl sites for hydroxylation is 1. The third kappa shape index (κ3) is 3.84. The number of hydrogen-bond acceptors (Lipinski definition) is 2. The van der Waals surface area contributed by atoms with Gasteiger partial charge in [0.15, 0.2) is 0 Å². The Bertz CT molecular complexity index is 485. The average molecular weight is 241 g/mol. The van der Waals surface area contributed by atoms with Gasteiger partial charge in [0, 0.05) is 6.20 Å². The van der Waals surface area contributed by atoms with Crippen LogP contribution in [0, 0.1) is 0 Å². The van der Waals surface area contributed by atoms with E-state index in [4.69, 9.17) is 0 Å². The average Bonchev–Trinajstić information content (AvgIpc) is 2.85. The maximum Gasteiger partial charge on any atom is 0.0827 e. The van der Waals surface area contributed by atoms with Crippen LogP contribution in [-0.2, 0) is 13.0 Å². The fraction of sp³-hybridized carbons (Fsp3) is 0.333. The lowest BCUT2D eigenvalue weighted by Crippen LogP contribution is -1.95. The molecule has 2 aromatic rings. The highest BCUT2D eigenvalue weighted by Gasteiger charge is 1.98. The van der Waals surface area contributed by atoms with Gasteiger partial charge in [-0.1, -0.05) is 61.0 Å². The number of unbranched alkanes of at least 4 members (excludes halogenated alkanes) is 1. The van der Waals surface area contributed by atoms with Crippen molar-refractivity contribution in [2.24, 2.45) is 0 Å². The zero-order valence-electron chi connectivity index (χ0n) is 10.8. The fourth-order valence-electron chi connectivity index (χ4n) is 1.76. The monoisotopic (exact) mass is 241 g/mol. The van der Waals surface area contributed by atoms with Gasteiger partial charge < -0.3 is 0 Å². The Morgan fingerprint density at radius 1 is 1.22 bits per heavy atom. The number of rotatable bonds is 6. The van der Waals surface area contributed by atoms with Crippen LogP contribution < -0.4 is 0 Å². The standard InChI is InChI=1S/C15H19N3/c1-2-3-11-15-13-18(17-16-15)12-7-10-14-8-5-4-6-9-14/h4-10,13H,2-3,11-12H2,1H3/b10-7+. The molecule has 0 atom stereocenters. The number of benzene rings is 1. The van der Waals surface area contributed by atoms with Gasteiger partial charge in [0.1, 0.15) is 0 Å². The van der Waals surface area contributed by atoms with Crippen molar-refractivity contribution in [1.29, 1.82) is 0 Å². The predicted octanol–water partition coefficient (Wildman–Crippen LogP) is 3.33. The number of aromatic nitrogens is 3. The first-order chi connectivity index (χ1) is 8.88. The summed E-state index contributed by atoms with van der Waals surface area (Å²) in [4.78, 5) is 0. The first-order valence-corrected chi connectivity index (χ1v) is 6.49. The topological polar surface area (TPSA) is 30.7 Å². The number of allylic oxidation sites excluding steroid dienone is 1. The maximum absolute atomic E-state index is 4.16. The minimum absolute atomic E-state index is 0.772. The lowest BCUT2D eigenvalue weighted by atomic mass is 10.2. The predicted molar refractivity (Wildman–Crippen MR) is 74.1 cm³/mol. The van der Waals surface area contributed by atoms with E-state index in [0.29, 0.717) is 0 Å². The molecule has 1 aromatic carbocycles. The summed E-state index contributed by atoms with van der Waals surface area (Å²) < 4.78 is 1.88. The molecule has 18 heavy (non-hydrogen) atoms. The SMILES string of the molecule is CCCCc1cn(C/C=C/c2ccccc2)nn1. The Labute approximate surface area is 108 Å². The summed E-state index contributed by atoms with van der Waals surface area (Å²) >= 11 is 0. The van der Waals surface area contributed by atoms with E-state index in [9.17, 15) is 0 Å². The summed E-state index contributed by atoms with van der Waals surface area (Å²) in [5.74, 6) is 0. The van der Waals surface area contributed by atoms with Crippen LogP contribution >= 0.6 is 0 Å². The van der Waals surface area contributed by atoms with Crippen molar-refractivity contribution < 1.29 is 0 Å². The summed E-state index contributed by atoms with van der Waals surface area (Å²) in [7, 11) is 0. The van der Waals surface area contributed by atoms with Crippen molar-refractivity contribution in [3.8, 4) is 0 Å². The van der Waals surface area contributed by atoms with E-state index in [1.807, 2.05) is 29.1 Å². The second-order valence-corrected chi connectivity index (χ2v) is 4.35. The van der Waals surface area contributed by atoms with Crippen LogP contribution in [0.3, 0.4) is 0 Å². The van der Waals surface area contributed by atoms with Gasteiger partial charge in [-0.15, -0.1) is 5.10 Å². The molecule has 0 aliphatic carbocycles. The molecule has 0 spiro atoms. The van der Waals surface area contributed by atoms with Gasteiger partial charge >= 0.3 is 0 Å². The van der Waals surface area contributed by atoms with Gasteiger partial charge in [0.2, 0.25) is 0 Å². The van der Waals surface area contributed by atoms with E-state index in [0.717, 1.165) is 18.7 Å². The highest BCUT2D eigenvalue weighted by molar-refractivity contribution is 5.48. The van der Waals surface area contributed by atoms with Crippen molar-refractivity contribution in [2.45, 2.75) is 32.7 Å². The second kappa shape index (κ2) is 6.74. The van der Waals surface area contributed by atoms with Gasteiger partial charge in [-0.3, -0.25) is 0 Å². The zero-order chi connectivity index (χ0) is 12.6. The molecule has 1 aromatic heterocycles. The summed E-state index contributed by atoms with van der Waals surface area (Å²) in [6.45, 7) is 2.96. The number of nitrogens with zero attached hydrogens (tertiary/aromatic N) is 3. The van der Waals surface area contributed by atoms with E-state index in [1.54, 1.807) is 0 Å². The quantitative estimate of drug-likeness (QED) is 0.776. The van der Waals surface area contributed by atoms with Gasteiger partial charge in [-0.2, -0.15) is 0 Å². The van der Waals surface area contributed by atoms with Crippen molar-refractivity contribution in [1.82, 2.24) is 15.0 Å². The van der Waals surface area contributed by atoms with Crippen molar-refractivity contribution in [3.05, 3.63) is 53.9 Å². The molecule has 0 saturated heterocycles. The van der Waals surface area contributed by atoms with E-state index in [1.165, 1.54) is 18.4 Å². The highest BCUT2D eigenvalue weighted by atomic mass is 15.4. The summed E-state index contributed by atoms with van der Waals surface area (Å²) in [6.07, 6.45) is 9.64. The minimum Gasteiger partial charge on any atom is -0.248 e. The summed E-state index contributed by atoms with van der Waals surface area (Å²) in [5, 5.41) is 8.27. The number of hydrogen-bond donors (Lipinski definition) is 0. The van der Waals surface area contributed by atoms with Gasteiger partial charge in [0.05, 0.1) is 12.2 Å². The Kier molecular flexibility index (Phi) is 4.70. The van der Waals surface area contributed by atoms with Crippen LogP contribution in [0.5, 0.6) is 0 Å². The molecule has 0 N–H and O–H groups in total. The van der Waals surface area contributed by atoms with Gasteiger partial charge in [0.25, 0.3) is 0 Å². The van der Waals surface area contributed by atoms with Crippen LogP contribution in [0.1, 0.15) is 31.0 Å². The second-order valence-electron chi connectivity index (χ2n) is 4.35. The lowest BCUT2D eigenvalue weighted by molar-refractivity contribution is 0.662. The normalized spacial score (nSPS) is 11.2. The Morgan fingerprint density at radius 3 is 2.83 bits per heavy atom. The van der Waals surface area contributed by atoms with Crippen LogP contribution in [0.25, 0.3) is 6.08 Å². The van der Waals surface area contributed by atoms with Crippen molar-refractivity contribution >= 4 is 6.08 Å². The first-order valence-electron chi connectivity index (χ1n) is 6.49. The molecular formula is C15H19N3. The van der Waals surface area contributed by atoms with Crippen molar-refractivity contribution in [3.63, 3.8) is 0 Å². The molecule has 0 unspecified atom stereocenters. The Hall–Kier alpha value is -1.90. The molecule has 3 heteroatoms. The van der Waals surface area contributed by atoms with Crippen LogP contribution in [0.2, 0.25) is 0 Å². The lowest BCUT2D eigenvalue weighted by Gasteiger charge is -1.94. The molecule has 0 aliphatic heterocycles. The van der Waals surface area contributed by atoms with E-state index in [-0.39, 0.29) is 0 Å². The van der Waals surface area contributed by atoms with Crippen LogP contribution in [-0.4, -0.2) is 15.0 Å². The first kappa shape index (κ1) is 12.6. The van der Waals surface area contributed by atoms with Gasteiger partial charge in [-0.05, 0) is 18.4 Å². The van der Waals surface area contributed by atoms with E-state index < -0.39 is 0 Å². The molecule has 0 aliphatic rings. The molecule has 0 saturated carbocycles. The smallest absolute Gasteiger partial charge is 0.0827 e. The third-order valence-corrected chi connectivity index (χ3v) is 2.77. The summed E-state index contributed by atoms with van der Waals surface area (Å²) in [5.41, 5.74) is 2.30. The molecule has 0 bridgehead atoms. The fourth-order valence-corrected chi connectivity index (χ4v) is 1.76. The molecule has 0 fully saturated rings. The Balaban J connectivity index is 1.86. The highest BCUT2D eigenvalue weighted by Crippen LogP contribution is 2.03. The maximum atomic E-state index is 4.16. The van der Waals surface area contributed by atoms with E-state index in [2.05, 4.69) is 41.5 Å². The molecule has 2 rings (SSSR count). The van der Waals surface area contributed by atoms with Crippen molar-refractivity contribution in [2.75, 3.05) is 0 Å². The molecule has 1 heterocycles. The summed E-state index contributed by atoms with van der Waals surface area (Å²) in [6, 6.07) is 10.3. The third-order valence-electron chi connectivity index (χ3n) is 2.77. The zero-order valence-corrected chi connectivity index (χ0v) is 10.8. The van der Waals surface area contributed by atoms with Crippen LogP contribution in [0.4, 0.5) is 0 Å². The Morgan fingerprint density at radius 2 is 2.06 bits per heavy atom. The molecular weight excluding hydrogens is 222 g/mol. The molecule has 0 amide bonds. The molecule has 94 valence electrons. The largest absolute Gasteiger partial charge is 0.248 e. The molecule has 3 nitrogen and oxygen atoms in total. The van der Waals surface area contributed by atoms with E-state index >= 15 is 0 Å².